The molecule has 0 bridgehead atoms. The maximum Gasteiger partial charge on any atom is 0.254 e. The van der Waals surface area contributed by atoms with Crippen molar-refractivity contribution < 1.29 is 9.59 Å². The molecule has 3 rings (SSSR count). The van der Waals surface area contributed by atoms with Crippen LogP contribution in [-0.2, 0) is 4.79 Å². The van der Waals surface area contributed by atoms with Crippen molar-refractivity contribution in [3.05, 3.63) is 35.0 Å². The number of rotatable bonds is 3. The standard InChI is InChI=1S/C16H20N2O2S/c1-2-7-17-9-6-16(15(17)20)5-3-8-18(12-16)14(19)13-4-10-21-11-13/h2,4,10-11H,1,3,5-9,12H2. The van der Waals surface area contributed by atoms with E-state index in [2.05, 4.69) is 6.58 Å². The molecule has 2 fully saturated rings. The van der Waals surface area contributed by atoms with Crippen LogP contribution < -0.4 is 0 Å². The largest absolute Gasteiger partial charge is 0.338 e. The number of piperidine rings is 1. The van der Waals surface area contributed by atoms with Gasteiger partial charge in [-0.05, 0) is 30.7 Å². The second-order valence-electron chi connectivity index (χ2n) is 5.91. The zero-order valence-electron chi connectivity index (χ0n) is 12.1. The molecular formula is C16H20N2O2S. The summed E-state index contributed by atoms with van der Waals surface area (Å²) in [6, 6.07) is 1.86. The normalized spacial score (nSPS) is 25.6. The van der Waals surface area contributed by atoms with Crippen molar-refractivity contribution in [2.45, 2.75) is 19.3 Å². The first-order valence-electron chi connectivity index (χ1n) is 7.38. The highest BCUT2D eigenvalue weighted by molar-refractivity contribution is 7.08. The number of likely N-dealkylation sites (tertiary alicyclic amines) is 2. The monoisotopic (exact) mass is 304 g/mol. The molecule has 2 aliphatic rings. The minimum Gasteiger partial charge on any atom is -0.338 e. The molecule has 2 amide bonds. The molecule has 0 N–H and O–H groups in total. The highest BCUT2D eigenvalue weighted by atomic mass is 32.1. The van der Waals surface area contributed by atoms with Crippen molar-refractivity contribution in [2.24, 2.45) is 5.41 Å². The van der Waals surface area contributed by atoms with E-state index in [4.69, 9.17) is 0 Å². The SMILES string of the molecule is C=CCN1CCC2(CCCN(C(=O)c3ccsc3)C2)C1=O. The van der Waals surface area contributed by atoms with Crippen molar-refractivity contribution in [1.29, 1.82) is 0 Å². The highest BCUT2D eigenvalue weighted by Crippen LogP contribution is 2.40. The molecule has 2 saturated heterocycles. The van der Waals surface area contributed by atoms with Crippen LogP contribution in [0.1, 0.15) is 29.6 Å². The van der Waals surface area contributed by atoms with Crippen molar-refractivity contribution in [3.63, 3.8) is 0 Å². The molecule has 0 aliphatic carbocycles. The number of carbonyl (C=O) groups excluding carboxylic acids is 2. The fourth-order valence-corrected chi connectivity index (χ4v) is 4.11. The minimum atomic E-state index is -0.354. The summed E-state index contributed by atoms with van der Waals surface area (Å²) in [6.07, 6.45) is 4.43. The minimum absolute atomic E-state index is 0.0605. The number of carbonyl (C=O) groups is 2. The van der Waals surface area contributed by atoms with Gasteiger partial charge in [-0.2, -0.15) is 11.3 Å². The Hall–Kier alpha value is -1.62. The maximum absolute atomic E-state index is 12.7. The van der Waals surface area contributed by atoms with Crippen molar-refractivity contribution in [3.8, 4) is 0 Å². The molecule has 0 radical (unpaired) electrons. The third-order valence-electron chi connectivity index (χ3n) is 4.58. The molecule has 1 unspecified atom stereocenters. The van der Waals surface area contributed by atoms with E-state index in [-0.39, 0.29) is 17.2 Å². The molecule has 1 spiro atoms. The van der Waals surface area contributed by atoms with Crippen LogP contribution in [0.5, 0.6) is 0 Å². The summed E-state index contributed by atoms with van der Waals surface area (Å²) in [5.41, 5.74) is 0.387. The van der Waals surface area contributed by atoms with Crippen LogP contribution in [0.15, 0.2) is 29.5 Å². The molecule has 4 nitrogen and oxygen atoms in total. The third kappa shape index (κ3) is 2.50. The van der Waals surface area contributed by atoms with Crippen LogP contribution in [0.3, 0.4) is 0 Å². The number of thiophene rings is 1. The fraction of sp³-hybridized carbons (Fsp3) is 0.500. The molecule has 3 heterocycles. The first-order chi connectivity index (χ1) is 10.2. The number of hydrogen-bond acceptors (Lipinski definition) is 3. The molecular weight excluding hydrogens is 284 g/mol. The lowest BCUT2D eigenvalue weighted by molar-refractivity contribution is -0.137. The molecule has 1 aromatic heterocycles. The Morgan fingerprint density at radius 3 is 3.00 bits per heavy atom. The third-order valence-corrected chi connectivity index (χ3v) is 5.27. The van der Waals surface area contributed by atoms with Gasteiger partial charge in [0.1, 0.15) is 0 Å². The lowest BCUT2D eigenvalue weighted by atomic mass is 9.78. The van der Waals surface area contributed by atoms with E-state index in [1.807, 2.05) is 26.6 Å². The van der Waals surface area contributed by atoms with Crippen molar-refractivity contribution >= 4 is 23.2 Å². The Balaban J connectivity index is 1.76. The lowest BCUT2D eigenvalue weighted by Gasteiger charge is -2.39. The summed E-state index contributed by atoms with van der Waals surface area (Å²) in [4.78, 5) is 28.9. The van der Waals surface area contributed by atoms with Gasteiger partial charge in [-0.25, -0.2) is 0 Å². The van der Waals surface area contributed by atoms with E-state index < -0.39 is 0 Å². The Morgan fingerprint density at radius 2 is 2.29 bits per heavy atom. The van der Waals surface area contributed by atoms with Gasteiger partial charge in [0, 0.05) is 31.6 Å². The van der Waals surface area contributed by atoms with Gasteiger partial charge in [0.2, 0.25) is 5.91 Å². The summed E-state index contributed by atoms with van der Waals surface area (Å²) in [7, 11) is 0. The summed E-state index contributed by atoms with van der Waals surface area (Å²) in [5, 5.41) is 3.80. The van der Waals surface area contributed by atoms with Crippen molar-refractivity contribution in [1.82, 2.24) is 9.80 Å². The van der Waals surface area contributed by atoms with Crippen LogP contribution >= 0.6 is 11.3 Å². The number of amides is 2. The molecule has 2 aliphatic heterocycles. The first-order valence-corrected chi connectivity index (χ1v) is 8.32. The van der Waals surface area contributed by atoms with E-state index in [0.29, 0.717) is 13.1 Å². The van der Waals surface area contributed by atoms with E-state index in [0.717, 1.165) is 37.9 Å². The number of hydrogen-bond donors (Lipinski definition) is 0. The smallest absolute Gasteiger partial charge is 0.254 e. The predicted octanol–water partition coefficient (Wildman–Crippen LogP) is 2.39. The molecule has 0 saturated carbocycles. The summed E-state index contributed by atoms with van der Waals surface area (Å²) in [5.74, 6) is 0.260. The second-order valence-corrected chi connectivity index (χ2v) is 6.69. The average molecular weight is 304 g/mol. The Kier molecular flexibility index (Phi) is 3.85. The molecule has 5 heteroatoms. The Bertz CT molecular complexity index is 555. The van der Waals surface area contributed by atoms with E-state index in [1.165, 1.54) is 11.3 Å². The van der Waals surface area contributed by atoms with Gasteiger partial charge in [-0.1, -0.05) is 6.08 Å². The quantitative estimate of drug-likeness (QED) is 0.805. The van der Waals surface area contributed by atoms with E-state index >= 15 is 0 Å². The molecule has 1 atom stereocenters. The zero-order chi connectivity index (χ0) is 14.9. The number of nitrogens with zero attached hydrogens (tertiary/aromatic N) is 2. The van der Waals surface area contributed by atoms with Crippen molar-refractivity contribution in [2.75, 3.05) is 26.2 Å². The summed E-state index contributed by atoms with van der Waals surface area (Å²) in [6.45, 7) is 6.42. The van der Waals surface area contributed by atoms with Crippen LogP contribution in [0.25, 0.3) is 0 Å². The topological polar surface area (TPSA) is 40.6 Å². The van der Waals surface area contributed by atoms with Gasteiger partial charge in [-0.15, -0.1) is 6.58 Å². The molecule has 21 heavy (non-hydrogen) atoms. The molecule has 0 aromatic carbocycles. The zero-order valence-corrected chi connectivity index (χ0v) is 12.9. The molecule has 112 valence electrons. The average Bonchev–Trinajstić information content (AvgIpc) is 3.12. The Labute approximate surface area is 129 Å². The Morgan fingerprint density at radius 1 is 1.43 bits per heavy atom. The first kappa shape index (κ1) is 14.3. The van der Waals surface area contributed by atoms with Gasteiger partial charge in [0.15, 0.2) is 0 Å². The van der Waals surface area contributed by atoms with Gasteiger partial charge in [-0.3, -0.25) is 9.59 Å². The van der Waals surface area contributed by atoms with E-state index in [9.17, 15) is 9.59 Å². The summed E-state index contributed by atoms with van der Waals surface area (Å²) < 4.78 is 0. The molecule has 1 aromatic rings. The van der Waals surface area contributed by atoms with Gasteiger partial charge >= 0.3 is 0 Å². The highest BCUT2D eigenvalue weighted by Gasteiger charge is 2.49. The van der Waals surface area contributed by atoms with Gasteiger partial charge < -0.3 is 9.80 Å². The van der Waals surface area contributed by atoms with Crippen LogP contribution in [-0.4, -0.2) is 47.8 Å². The maximum atomic E-state index is 12.7. The van der Waals surface area contributed by atoms with E-state index in [1.54, 1.807) is 6.08 Å². The second kappa shape index (κ2) is 5.64. The lowest BCUT2D eigenvalue weighted by Crippen LogP contribution is -2.49. The van der Waals surface area contributed by atoms with Gasteiger partial charge in [0.05, 0.1) is 11.0 Å². The summed E-state index contributed by atoms with van der Waals surface area (Å²) >= 11 is 1.53. The van der Waals surface area contributed by atoms with Crippen LogP contribution in [0.2, 0.25) is 0 Å². The predicted molar refractivity (Wildman–Crippen MR) is 83.3 cm³/mol. The van der Waals surface area contributed by atoms with Gasteiger partial charge in [0.25, 0.3) is 5.91 Å². The van der Waals surface area contributed by atoms with Crippen LogP contribution in [0.4, 0.5) is 0 Å². The fourth-order valence-electron chi connectivity index (χ4n) is 3.48. The van der Waals surface area contributed by atoms with Crippen LogP contribution in [0, 0.1) is 5.41 Å².